The molecule has 0 bridgehead atoms. The minimum absolute atomic E-state index is 0.869. The predicted octanol–water partition coefficient (Wildman–Crippen LogP) is 1.05. The zero-order valence-corrected chi connectivity index (χ0v) is 8.14. The van der Waals surface area contributed by atoms with Gasteiger partial charge in [-0.3, -0.25) is 4.99 Å². The number of rotatable bonds is 4. The van der Waals surface area contributed by atoms with Crippen LogP contribution in [-0.4, -0.2) is 19.5 Å². The highest BCUT2D eigenvalue weighted by molar-refractivity contribution is 6.16. The second-order valence-electron chi connectivity index (χ2n) is 2.77. The fourth-order valence-corrected chi connectivity index (χ4v) is 1.06. The van der Waals surface area contributed by atoms with Crippen molar-refractivity contribution >= 4 is 18.1 Å². The summed E-state index contributed by atoms with van der Waals surface area (Å²) in [5.74, 6) is 4.93. The first-order valence-electron chi connectivity index (χ1n) is 4.36. The summed E-state index contributed by atoms with van der Waals surface area (Å²) < 4.78 is 0. The molecule has 0 saturated carbocycles. The van der Waals surface area contributed by atoms with Gasteiger partial charge >= 0.3 is 0 Å². The molecule has 3 N–H and O–H groups in total. The van der Waals surface area contributed by atoms with Crippen LogP contribution in [0.2, 0.25) is 0 Å². The summed E-state index contributed by atoms with van der Waals surface area (Å²) in [6.45, 7) is 0.869. The average Bonchev–Trinajstić information content (AvgIpc) is 2.21. The van der Waals surface area contributed by atoms with Crippen LogP contribution in [0, 0.1) is 0 Å². The smallest absolute Gasteiger partial charge is 0.0648 e. The van der Waals surface area contributed by atoms with Crippen LogP contribution >= 0.6 is 0 Å². The molecule has 0 aliphatic carbocycles. The lowest BCUT2D eigenvalue weighted by molar-refractivity contribution is 0.818. The lowest BCUT2D eigenvalue weighted by Gasteiger charge is -1.99. The Morgan fingerprint density at radius 1 is 1.29 bits per heavy atom. The number of hydrazone groups is 1. The molecule has 0 spiro atoms. The van der Waals surface area contributed by atoms with E-state index in [1.54, 1.807) is 6.21 Å². The van der Waals surface area contributed by atoms with Crippen molar-refractivity contribution in [1.82, 2.24) is 5.32 Å². The molecule has 1 aromatic carbocycles. The summed E-state index contributed by atoms with van der Waals surface area (Å²) in [6, 6.07) is 7.96. The Hall–Kier alpha value is -1.68. The summed E-state index contributed by atoms with van der Waals surface area (Å²) >= 11 is 0. The molecule has 14 heavy (non-hydrogen) atoms. The van der Waals surface area contributed by atoms with Gasteiger partial charge in [0, 0.05) is 12.8 Å². The van der Waals surface area contributed by atoms with Crippen molar-refractivity contribution in [2.24, 2.45) is 15.9 Å². The normalized spacial score (nSPS) is 11.5. The van der Waals surface area contributed by atoms with Gasteiger partial charge in [0.25, 0.3) is 0 Å². The van der Waals surface area contributed by atoms with E-state index in [2.05, 4.69) is 15.4 Å². The fourth-order valence-electron chi connectivity index (χ4n) is 1.06. The second kappa shape index (κ2) is 5.88. The maximum absolute atomic E-state index is 4.93. The van der Waals surface area contributed by atoms with E-state index in [9.17, 15) is 0 Å². The highest BCUT2D eigenvalue weighted by atomic mass is 15.1. The summed E-state index contributed by atoms with van der Waals surface area (Å²) in [7, 11) is 1.92. The number of hydrogen-bond acceptors (Lipinski definition) is 4. The highest BCUT2D eigenvalue weighted by Gasteiger charge is 1.90. The maximum atomic E-state index is 4.93. The SMILES string of the molecule is CNCc1ccc(N=C/C=N\N)cc1. The van der Waals surface area contributed by atoms with Gasteiger partial charge in [0.1, 0.15) is 0 Å². The molecule has 0 aromatic heterocycles. The van der Waals surface area contributed by atoms with Gasteiger partial charge in [0.2, 0.25) is 0 Å². The van der Waals surface area contributed by atoms with Crippen molar-refractivity contribution in [1.29, 1.82) is 0 Å². The van der Waals surface area contributed by atoms with Crippen molar-refractivity contribution in [3.63, 3.8) is 0 Å². The first-order valence-corrected chi connectivity index (χ1v) is 4.36. The molecule has 0 amide bonds. The average molecular weight is 190 g/mol. The summed E-state index contributed by atoms with van der Waals surface area (Å²) in [5.41, 5.74) is 2.13. The Labute approximate surface area is 83.5 Å². The fraction of sp³-hybridized carbons (Fsp3) is 0.200. The summed E-state index contributed by atoms with van der Waals surface area (Å²) in [4.78, 5) is 4.12. The van der Waals surface area contributed by atoms with Gasteiger partial charge in [0.05, 0.1) is 11.9 Å². The number of nitrogens with one attached hydrogen (secondary N) is 1. The molecule has 0 saturated heterocycles. The molecule has 0 unspecified atom stereocenters. The minimum atomic E-state index is 0.869. The zero-order valence-electron chi connectivity index (χ0n) is 8.14. The molecule has 4 heteroatoms. The Bertz CT molecular complexity index is 313. The van der Waals surface area contributed by atoms with Gasteiger partial charge in [-0.25, -0.2) is 0 Å². The van der Waals surface area contributed by atoms with Crippen LogP contribution in [0.25, 0.3) is 0 Å². The quantitative estimate of drug-likeness (QED) is 0.423. The number of aliphatic imine (C=N–C) groups is 1. The lowest BCUT2D eigenvalue weighted by atomic mass is 10.2. The third-order valence-electron chi connectivity index (χ3n) is 1.69. The molecular weight excluding hydrogens is 176 g/mol. The largest absolute Gasteiger partial charge is 0.323 e. The lowest BCUT2D eigenvalue weighted by Crippen LogP contribution is -2.04. The van der Waals surface area contributed by atoms with Gasteiger partial charge < -0.3 is 11.2 Å². The van der Waals surface area contributed by atoms with E-state index in [1.807, 2.05) is 31.3 Å². The number of nitrogens with two attached hydrogens (primary N) is 1. The number of benzene rings is 1. The Balaban J connectivity index is 2.63. The van der Waals surface area contributed by atoms with E-state index >= 15 is 0 Å². The summed E-state index contributed by atoms with van der Waals surface area (Å²) in [5, 5.41) is 6.39. The molecule has 0 atom stereocenters. The summed E-state index contributed by atoms with van der Waals surface area (Å²) in [6.07, 6.45) is 3.01. The first kappa shape index (κ1) is 10.4. The van der Waals surface area contributed by atoms with E-state index in [0.717, 1.165) is 12.2 Å². The standard InChI is InChI=1S/C10H14N4/c1-12-8-9-2-4-10(5-3-9)13-6-7-14-11/h2-7,12H,8,11H2,1H3/b13-6?,14-7-. The van der Waals surface area contributed by atoms with E-state index < -0.39 is 0 Å². The van der Waals surface area contributed by atoms with Crippen LogP contribution < -0.4 is 11.2 Å². The maximum Gasteiger partial charge on any atom is 0.0648 e. The predicted molar refractivity (Wildman–Crippen MR) is 60.0 cm³/mol. The Morgan fingerprint density at radius 2 is 2.00 bits per heavy atom. The molecule has 1 aromatic rings. The van der Waals surface area contributed by atoms with Crippen LogP contribution in [0.5, 0.6) is 0 Å². The molecule has 0 heterocycles. The van der Waals surface area contributed by atoms with Crippen molar-refractivity contribution in [3.8, 4) is 0 Å². The first-order chi connectivity index (χ1) is 6.86. The van der Waals surface area contributed by atoms with E-state index in [1.165, 1.54) is 11.8 Å². The zero-order chi connectivity index (χ0) is 10.2. The molecule has 0 aliphatic rings. The van der Waals surface area contributed by atoms with E-state index in [4.69, 9.17) is 5.84 Å². The van der Waals surface area contributed by atoms with Crippen molar-refractivity contribution in [2.45, 2.75) is 6.54 Å². The van der Waals surface area contributed by atoms with Crippen LogP contribution in [0.4, 0.5) is 5.69 Å². The molecule has 0 radical (unpaired) electrons. The molecule has 1 rings (SSSR count). The molecular formula is C10H14N4. The van der Waals surface area contributed by atoms with Crippen LogP contribution in [0.15, 0.2) is 34.4 Å². The Kier molecular flexibility index (Phi) is 4.37. The van der Waals surface area contributed by atoms with Crippen molar-refractivity contribution in [3.05, 3.63) is 29.8 Å². The van der Waals surface area contributed by atoms with Crippen LogP contribution in [0.1, 0.15) is 5.56 Å². The second-order valence-corrected chi connectivity index (χ2v) is 2.77. The van der Waals surface area contributed by atoms with Gasteiger partial charge in [0.15, 0.2) is 0 Å². The minimum Gasteiger partial charge on any atom is -0.323 e. The monoisotopic (exact) mass is 190 g/mol. The number of hydrogen-bond donors (Lipinski definition) is 2. The molecule has 74 valence electrons. The van der Waals surface area contributed by atoms with Gasteiger partial charge in [-0.2, -0.15) is 5.10 Å². The third kappa shape index (κ3) is 3.37. The molecule has 0 aliphatic heterocycles. The van der Waals surface area contributed by atoms with E-state index in [-0.39, 0.29) is 0 Å². The third-order valence-corrected chi connectivity index (χ3v) is 1.69. The van der Waals surface area contributed by atoms with Gasteiger partial charge in [-0.1, -0.05) is 12.1 Å². The van der Waals surface area contributed by atoms with Crippen LogP contribution in [0.3, 0.4) is 0 Å². The van der Waals surface area contributed by atoms with Gasteiger partial charge in [-0.05, 0) is 24.7 Å². The topological polar surface area (TPSA) is 62.8 Å². The van der Waals surface area contributed by atoms with E-state index in [0.29, 0.717) is 0 Å². The van der Waals surface area contributed by atoms with Crippen molar-refractivity contribution in [2.75, 3.05) is 7.05 Å². The van der Waals surface area contributed by atoms with Crippen LogP contribution in [-0.2, 0) is 6.54 Å². The number of nitrogens with zero attached hydrogens (tertiary/aromatic N) is 2. The Morgan fingerprint density at radius 3 is 2.57 bits per heavy atom. The molecule has 0 fully saturated rings. The van der Waals surface area contributed by atoms with Gasteiger partial charge in [-0.15, -0.1) is 0 Å². The molecule has 4 nitrogen and oxygen atoms in total. The highest BCUT2D eigenvalue weighted by Crippen LogP contribution is 2.11. The van der Waals surface area contributed by atoms with Crippen molar-refractivity contribution < 1.29 is 0 Å².